The Kier molecular flexibility index (Phi) is 33.4. The van der Waals surface area contributed by atoms with Crippen LogP contribution >= 0.6 is 7.82 Å². The summed E-state index contributed by atoms with van der Waals surface area (Å²) in [6.45, 7) is 2.23. The summed E-state index contributed by atoms with van der Waals surface area (Å²) in [4.78, 5) is 45.9. The Balaban J connectivity index is 4.78. The van der Waals surface area contributed by atoms with E-state index in [4.69, 9.17) is 24.8 Å². The van der Waals surface area contributed by atoms with Gasteiger partial charge in [-0.2, -0.15) is 0 Å². The molecule has 0 aromatic carbocycles. The lowest BCUT2D eigenvalue weighted by molar-refractivity contribution is -0.161. The highest BCUT2D eigenvalue weighted by molar-refractivity contribution is 7.47. The summed E-state index contributed by atoms with van der Waals surface area (Å²) in [5, 5.41) is 39.3. The van der Waals surface area contributed by atoms with Gasteiger partial charge in [-0.25, -0.2) is 4.57 Å². The van der Waals surface area contributed by atoms with Crippen molar-refractivity contribution in [3.63, 3.8) is 0 Å². The van der Waals surface area contributed by atoms with Crippen LogP contribution in [0.15, 0.2) is 60.8 Å². The molecular formula is C41H70NO13P. The monoisotopic (exact) mass is 815 g/mol. The molecule has 1 unspecified atom stereocenters. The minimum atomic E-state index is -4.81. The molecule has 56 heavy (non-hydrogen) atoms. The summed E-state index contributed by atoms with van der Waals surface area (Å²) in [6, 6.07) is -1.58. The summed E-state index contributed by atoms with van der Waals surface area (Å²) in [7, 11) is -4.81. The lowest BCUT2D eigenvalue weighted by atomic mass is 10.0. The van der Waals surface area contributed by atoms with Crippen molar-refractivity contribution >= 4 is 25.7 Å². The number of allylic oxidation sites excluding steroid dienone is 7. The Morgan fingerprint density at radius 2 is 1.21 bits per heavy atom. The quantitative estimate of drug-likeness (QED) is 0.0124. The largest absolute Gasteiger partial charge is 0.480 e. The van der Waals surface area contributed by atoms with E-state index in [1.165, 1.54) is 57.4 Å². The second-order valence-corrected chi connectivity index (χ2v) is 15.1. The highest BCUT2D eigenvalue weighted by Crippen LogP contribution is 2.43. The number of nitrogens with two attached hydrogens (primary N) is 1. The summed E-state index contributed by atoms with van der Waals surface area (Å²) in [5.41, 5.74) is 5.30. The van der Waals surface area contributed by atoms with Crippen LogP contribution in [0.5, 0.6) is 0 Å². The summed E-state index contributed by atoms with van der Waals surface area (Å²) >= 11 is 0. The van der Waals surface area contributed by atoms with Crippen LogP contribution in [-0.2, 0) is 37.5 Å². The number of aliphatic carboxylic acids is 1. The molecule has 15 heteroatoms. The molecule has 14 nitrogen and oxygen atoms in total. The third-order valence-electron chi connectivity index (χ3n) is 8.37. The van der Waals surface area contributed by atoms with Crippen LogP contribution in [0, 0.1) is 0 Å². The summed E-state index contributed by atoms with van der Waals surface area (Å²) in [6.07, 6.45) is 28.1. The standard InChI is InChI=1S/C41H70NO13P/c1-3-5-7-8-9-10-11-12-13-14-19-23-29-39(46)52-31-35(32-53-56(50,51)54-33-36(42)41(48)49)55-40(47)30-24-28-38(45)37(44)27-22-18-16-15-17-21-26-34(43)25-20-6-4-2/h6,15-18,20-22,26-27,34-38,43-45H,3-5,7-14,19,23-25,28-33,42H2,1-2H3,(H,48,49)(H,50,51)/b17-15+,18-16-,20-6-,26-21+,27-22-/t34-,35+,36-,37+,38+/m0/s1. The zero-order valence-electron chi connectivity index (χ0n) is 33.5. The van der Waals surface area contributed by atoms with Gasteiger partial charge >= 0.3 is 25.7 Å². The highest BCUT2D eigenvalue weighted by Gasteiger charge is 2.28. The summed E-state index contributed by atoms with van der Waals surface area (Å²) in [5.74, 6) is -2.76. The van der Waals surface area contributed by atoms with E-state index in [-0.39, 0.29) is 25.7 Å². The maximum absolute atomic E-state index is 12.6. The maximum atomic E-state index is 12.6. The van der Waals surface area contributed by atoms with Crippen LogP contribution in [0.25, 0.3) is 0 Å². The van der Waals surface area contributed by atoms with Crippen LogP contribution in [0.4, 0.5) is 0 Å². The molecule has 0 saturated heterocycles. The molecule has 322 valence electrons. The van der Waals surface area contributed by atoms with Gasteiger partial charge in [0.2, 0.25) is 0 Å². The second-order valence-electron chi connectivity index (χ2n) is 13.6. The molecule has 0 heterocycles. The van der Waals surface area contributed by atoms with E-state index in [1.54, 1.807) is 42.5 Å². The Bertz CT molecular complexity index is 1240. The average molecular weight is 816 g/mol. The van der Waals surface area contributed by atoms with Crippen molar-refractivity contribution in [2.75, 3.05) is 19.8 Å². The van der Waals surface area contributed by atoms with Gasteiger partial charge in [0, 0.05) is 12.8 Å². The molecule has 0 aliphatic rings. The van der Waals surface area contributed by atoms with Gasteiger partial charge in [0.1, 0.15) is 12.6 Å². The number of hydrogen-bond donors (Lipinski definition) is 6. The number of phosphoric ester groups is 1. The Morgan fingerprint density at radius 3 is 1.80 bits per heavy atom. The molecule has 0 rings (SSSR count). The number of hydrogen-bond acceptors (Lipinski definition) is 12. The second kappa shape index (κ2) is 35.2. The lowest BCUT2D eigenvalue weighted by Gasteiger charge is -2.20. The van der Waals surface area contributed by atoms with Crippen molar-refractivity contribution in [2.45, 2.75) is 160 Å². The van der Waals surface area contributed by atoms with E-state index in [1.807, 2.05) is 19.1 Å². The van der Waals surface area contributed by atoms with Crippen LogP contribution in [-0.4, -0.2) is 93.5 Å². The molecule has 6 atom stereocenters. The Labute approximate surface area is 334 Å². The molecule has 0 saturated carbocycles. The number of carboxylic acids is 1. The fourth-order valence-corrected chi connectivity index (χ4v) is 5.83. The summed E-state index contributed by atoms with van der Waals surface area (Å²) < 4.78 is 32.3. The van der Waals surface area contributed by atoms with Crippen molar-refractivity contribution in [1.82, 2.24) is 0 Å². The minimum Gasteiger partial charge on any atom is -0.480 e. The molecule has 0 aliphatic carbocycles. The van der Waals surface area contributed by atoms with E-state index in [2.05, 4.69) is 11.4 Å². The predicted octanol–water partition coefficient (Wildman–Crippen LogP) is 6.91. The van der Waals surface area contributed by atoms with Crippen molar-refractivity contribution in [3.05, 3.63) is 60.8 Å². The number of ether oxygens (including phenoxy) is 2. The molecule has 0 aromatic rings. The number of phosphoric acid groups is 1. The number of carboxylic acid groups (broad SMARTS) is 1. The first-order chi connectivity index (χ1) is 26.8. The smallest absolute Gasteiger partial charge is 0.472 e. The molecule has 7 N–H and O–H groups in total. The fourth-order valence-electron chi connectivity index (χ4n) is 5.05. The number of esters is 2. The number of unbranched alkanes of at least 4 members (excludes halogenated alkanes) is 11. The predicted molar refractivity (Wildman–Crippen MR) is 216 cm³/mol. The molecule has 0 amide bonds. The van der Waals surface area contributed by atoms with E-state index < -0.39 is 76.0 Å². The number of carbonyl (C=O) groups is 3. The molecule has 0 fully saturated rings. The Hall–Kier alpha value is -2.94. The van der Waals surface area contributed by atoms with Crippen LogP contribution in [0.2, 0.25) is 0 Å². The van der Waals surface area contributed by atoms with Gasteiger partial charge in [0.25, 0.3) is 0 Å². The lowest BCUT2D eigenvalue weighted by Crippen LogP contribution is -2.34. The van der Waals surface area contributed by atoms with E-state index in [0.717, 1.165) is 25.7 Å². The van der Waals surface area contributed by atoms with Crippen LogP contribution in [0.3, 0.4) is 0 Å². The normalized spacial score (nSPS) is 16.1. The van der Waals surface area contributed by atoms with Crippen LogP contribution < -0.4 is 5.73 Å². The molecule has 0 spiro atoms. The van der Waals surface area contributed by atoms with Crippen molar-refractivity contribution in [3.8, 4) is 0 Å². The van der Waals surface area contributed by atoms with Gasteiger partial charge in [-0.3, -0.25) is 23.4 Å². The fraction of sp³-hybridized carbons (Fsp3) is 0.683. The minimum absolute atomic E-state index is 0.0451. The molecular weight excluding hydrogens is 745 g/mol. The molecule has 0 aliphatic heterocycles. The number of rotatable bonds is 36. The van der Waals surface area contributed by atoms with Crippen molar-refractivity contribution < 1.29 is 62.8 Å². The number of aliphatic hydroxyl groups excluding tert-OH is 3. The van der Waals surface area contributed by atoms with Gasteiger partial charge in [0.05, 0.1) is 31.5 Å². The number of carbonyl (C=O) groups excluding carboxylic acids is 2. The van der Waals surface area contributed by atoms with Gasteiger partial charge < -0.3 is 40.5 Å². The SMILES string of the molecule is CC/C=C\C[C@H](O)/C=C/C=C/C=C\C=C/[C@@H](O)[C@H](O)CCCC(=O)O[C@H](COC(=O)CCCCCCCCCCCCCC)COP(=O)(O)OC[C@H](N)C(=O)O. The first kappa shape index (κ1) is 53.1. The zero-order valence-corrected chi connectivity index (χ0v) is 34.4. The third kappa shape index (κ3) is 33.2. The Morgan fingerprint density at radius 1 is 0.679 bits per heavy atom. The maximum Gasteiger partial charge on any atom is 0.472 e. The first-order valence-corrected chi connectivity index (χ1v) is 21.6. The van der Waals surface area contributed by atoms with Gasteiger partial charge in [-0.1, -0.05) is 145 Å². The third-order valence-corrected chi connectivity index (χ3v) is 9.32. The molecule has 0 aromatic heterocycles. The number of aliphatic hydroxyl groups is 3. The zero-order chi connectivity index (χ0) is 41.9. The van der Waals surface area contributed by atoms with Crippen LogP contribution in [0.1, 0.15) is 129 Å². The topological polar surface area (TPSA) is 232 Å². The van der Waals surface area contributed by atoms with Gasteiger partial charge in [0.15, 0.2) is 6.10 Å². The average Bonchev–Trinajstić information content (AvgIpc) is 3.16. The van der Waals surface area contributed by atoms with E-state index in [9.17, 15) is 39.2 Å². The van der Waals surface area contributed by atoms with E-state index >= 15 is 0 Å². The van der Waals surface area contributed by atoms with Crippen molar-refractivity contribution in [2.24, 2.45) is 5.73 Å². The highest BCUT2D eigenvalue weighted by atomic mass is 31.2. The van der Waals surface area contributed by atoms with Crippen molar-refractivity contribution in [1.29, 1.82) is 0 Å². The van der Waals surface area contributed by atoms with Gasteiger partial charge in [-0.15, -0.1) is 0 Å². The first-order valence-electron chi connectivity index (χ1n) is 20.1. The molecule has 0 radical (unpaired) electrons. The molecule has 0 bridgehead atoms. The van der Waals surface area contributed by atoms with Gasteiger partial charge in [-0.05, 0) is 32.1 Å². The van der Waals surface area contributed by atoms with E-state index in [0.29, 0.717) is 12.8 Å².